The monoisotopic (exact) mass is 185 g/mol. The Bertz CT molecular complexity index is 392. The summed E-state index contributed by atoms with van der Waals surface area (Å²) in [6.45, 7) is 0. The van der Waals surface area contributed by atoms with Crippen molar-refractivity contribution in [3.63, 3.8) is 0 Å². The molecule has 2 aliphatic rings. The van der Waals surface area contributed by atoms with Gasteiger partial charge in [0.2, 0.25) is 0 Å². The maximum absolute atomic E-state index is 6.07. The molecule has 1 aromatic rings. The van der Waals surface area contributed by atoms with E-state index in [-0.39, 0.29) is 0 Å². The van der Waals surface area contributed by atoms with Crippen LogP contribution in [-0.4, -0.2) is 6.04 Å². The van der Waals surface area contributed by atoms with Gasteiger partial charge in [-0.25, -0.2) is 0 Å². The van der Waals surface area contributed by atoms with Crippen LogP contribution in [0, 0.1) is 0 Å². The fourth-order valence-electron chi connectivity index (χ4n) is 2.88. The number of rotatable bonds is 0. The van der Waals surface area contributed by atoms with Gasteiger partial charge in [0.05, 0.1) is 0 Å². The van der Waals surface area contributed by atoms with Gasteiger partial charge in [0.1, 0.15) is 0 Å². The molecule has 0 saturated heterocycles. The quantitative estimate of drug-likeness (QED) is 0.660. The van der Waals surface area contributed by atoms with E-state index in [0.717, 1.165) is 12.8 Å². The van der Waals surface area contributed by atoms with Crippen LogP contribution < -0.4 is 5.73 Å². The first-order valence-electron chi connectivity index (χ1n) is 5.38. The van der Waals surface area contributed by atoms with Gasteiger partial charge in [0, 0.05) is 6.04 Å². The Hall–Kier alpha value is -1.08. The van der Waals surface area contributed by atoms with E-state index in [1.54, 1.807) is 5.56 Å². The van der Waals surface area contributed by atoms with Gasteiger partial charge in [-0.1, -0.05) is 30.4 Å². The van der Waals surface area contributed by atoms with Crippen molar-refractivity contribution in [1.29, 1.82) is 0 Å². The summed E-state index contributed by atoms with van der Waals surface area (Å²) in [5.41, 5.74) is 10.5. The largest absolute Gasteiger partial charge is 0.327 e. The SMILES string of the molecule is NC1Cc2cccc3c2C(CC=C3)C1. The van der Waals surface area contributed by atoms with E-state index in [1.807, 2.05) is 0 Å². The van der Waals surface area contributed by atoms with Crippen LogP contribution in [0.15, 0.2) is 24.3 Å². The van der Waals surface area contributed by atoms with Crippen LogP contribution in [0.4, 0.5) is 0 Å². The standard InChI is InChI=1S/C13H15N/c14-12-7-10-5-1-3-9-4-2-6-11(8-12)13(9)10/h1-5,11-12H,6-8,14H2. The van der Waals surface area contributed by atoms with Gasteiger partial charge < -0.3 is 5.73 Å². The van der Waals surface area contributed by atoms with Gasteiger partial charge in [-0.05, 0) is 41.9 Å². The minimum atomic E-state index is 0.370. The highest BCUT2D eigenvalue weighted by Gasteiger charge is 2.27. The van der Waals surface area contributed by atoms with Crippen molar-refractivity contribution in [2.24, 2.45) is 5.73 Å². The summed E-state index contributed by atoms with van der Waals surface area (Å²) in [6.07, 6.45) is 7.95. The number of benzene rings is 1. The summed E-state index contributed by atoms with van der Waals surface area (Å²) >= 11 is 0. The van der Waals surface area contributed by atoms with E-state index in [9.17, 15) is 0 Å². The van der Waals surface area contributed by atoms with Crippen LogP contribution in [0.2, 0.25) is 0 Å². The number of allylic oxidation sites excluding steroid dienone is 1. The first-order valence-corrected chi connectivity index (χ1v) is 5.38. The second-order valence-electron chi connectivity index (χ2n) is 4.45. The van der Waals surface area contributed by atoms with Crippen LogP contribution >= 0.6 is 0 Å². The fourth-order valence-corrected chi connectivity index (χ4v) is 2.88. The van der Waals surface area contributed by atoms with Crippen molar-refractivity contribution in [2.45, 2.75) is 31.2 Å². The molecular weight excluding hydrogens is 170 g/mol. The average molecular weight is 185 g/mol. The lowest BCUT2D eigenvalue weighted by Gasteiger charge is -2.32. The number of nitrogens with two attached hydrogens (primary N) is 1. The molecule has 0 amide bonds. The molecule has 2 N–H and O–H groups in total. The molecule has 72 valence electrons. The Morgan fingerprint density at radius 3 is 3.14 bits per heavy atom. The third kappa shape index (κ3) is 1.12. The lowest BCUT2D eigenvalue weighted by molar-refractivity contribution is 0.489. The first kappa shape index (κ1) is 8.25. The Morgan fingerprint density at radius 2 is 2.21 bits per heavy atom. The van der Waals surface area contributed by atoms with Gasteiger partial charge in [-0.15, -0.1) is 0 Å². The first-order chi connectivity index (χ1) is 6.84. The predicted octanol–water partition coefficient (Wildman–Crippen LogP) is 2.46. The second kappa shape index (κ2) is 2.96. The van der Waals surface area contributed by atoms with E-state index in [2.05, 4.69) is 30.4 Å². The Balaban J connectivity index is 2.19. The van der Waals surface area contributed by atoms with Gasteiger partial charge >= 0.3 is 0 Å². The average Bonchev–Trinajstić information content (AvgIpc) is 2.18. The molecule has 0 spiro atoms. The molecule has 1 aromatic carbocycles. The van der Waals surface area contributed by atoms with Crippen LogP contribution in [0.25, 0.3) is 6.08 Å². The van der Waals surface area contributed by atoms with Gasteiger partial charge in [-0.3, -0.25) is 0 Å². The van der Waals surface area contributed by atoms with Crippen LogP contribution in [0.5, 0.6) is 0 Å². The fraction of sp³-hybridized carbons (Fsp3) is 0.385. The minimum absolute atomic E-state index is 0.370. The molecule has 3 rings (SSSR count). The molecule has 0 aliphatic heterocycles. The predicted molar refractivity (Wildman–Crippen MR) is 59.1 cm³/mol. The molecule has 2 unspecified atom stereocenters. The van der Waals surface area contributed by atoms with E-state index >= 15 is 0 Å². The molecule has 0 fully saturated rings. The van der Waals surface area contributed by atoms with Crippen molar-refractivity contribution in [2.75, 3.05) is 0 Å². The number of hydrogen-bond donors (Lipinski definition) is 1. The molecule has 14 heavy (non-hydrogen) atoms. The lowest BCUT2D eigenvalue weighted by atomic mass is 9.74. The Kier molecular flexibility index (Phi) is 1.74. The molecular formula is C13H15N. The van der Waals surface area contributed by atoms with Crippen molar-refractivity contribution < 1.29 is 0 Å². The molecule has 0 heterocycles. The summed E-state index contributed by atoms with van der Waals surface area (Å²) in [5.74, 6) is 0.690. The maximum Gasteiger partial charge on any atom is 0.00853 e. The summed E-state index contributed by atoms with van der Waals surface area (Å²) < 4.78 is 0. The summed E-state index contributed by atoms with van der Waals surface area (Å²) in [7, 11) is 0. The minimum Gasteiger partial charge on any atom is -0.327 e. The zero-order valence-electron chi connectivity index (χ0n) is 8.24. The summed E-state index contributed by atoms with van der Waals surface area (Å²) in [6, 6.07) is 6.98. The molecule has 1 heteroatoms. The second-order valence-corrected chi connectivity index (χ2v) is 4.45. The van der Waals surface area contributed by atoms with Gasteiger partial charge in [0.25, 0.3) is 0 Å². The molecule has 0 radical (unpaired) electrons. The zero-order valence-corrected chi connectivity index (χ0v) is 8.24. The van der Waals surface area contributed by atoms with Crippen molar-refractivity contribution in [1.82, 2.24) is 0 Å². The van der Waals surface area contributed by atoms with Crippen molar-refractivity contribution >= 4 is 6.08 Å². The highest BCUT2D eigenvalue weighted by Crippen LogP contribution is 2.39. The molecule has 0 saturated carbocycles. The Morgan fingerprint density at radius 1 is 1.29 bits per heavy atom. The van der Waals surface area contributed by atoms with E-state index in [4.69, 9.17) is 5.73 Å². The summed E-state index contributed by atoms with van der Waals surface area (Å²) in [5, 5.41) is 0. The van der Waals surface area contributed by atoms with E-state index in [1.165, 1.54) is 17.5 Å². The van der Waals surface area contributed by atoms with Gasteiger partial charge in [-0.2, -0.15) is 0 Å². The van der Waals surface area contributed by atoms with Crippen LogP contribution in [0.1, 0.15) is 35.4 Å². The van der Waals surface area contributed by atoms with Crippen molar-refractivity contribution in [3.8, 4) is 0 Å². The maximum atomic E-state index is 6.07. The topological polar surface area (TPSA) is 26.0 Å². The van der Waals surface area contributed by atoms with Gasteiger partial charge in [0.15, 0.2) is 0 Å². The molecule has 1 nitrogen and oxygen atoms in total. The smallest absolute Gasteiger partial charge is 0.00853 e. The van der Waals surface area contributed by atoms with Crippen molar-refractivity contribution in [3.05, 3.63) is 41.0 Å². The zero-order chi connectivity index (χ0) is 9.54. The highest BCUT2D eigenvalue weighted by molar-refractivity contribution is 5.60. The normalized spacial score (nSPS) is 28.6. The molecule has 2 aliphatic carbocycles. The van der Waals surface area contributed by atoms with Crippen LogP contribution in [-0.2, 0) is 6.42 Å². The molecule has 2 atom stereocenters. The summed E-state index contributed by atoms with van der Waals surface area (Å²) in [4.78, 5) is 0. The highest BCUT2D eigenvalue weighted by atomic mass is 14.6. The van der Waals surface area contributed by atoms with E-state index < -0.39 is 0 Å². The molecule has 0 bridgehead atoms. The van der Waals surface area contributed by atoms with E-state index in [0.29, 0.717) is 12.0 Å². The Labute approximate surface area is 84.6 Å². The molecule has 0 aromatic heterocycles. The lowest BCUT2D eigenvalue weighted by Crippen LogP contribution is -2.31. The third-order valence-corrected chi connectivity index (χ3v) is 3.43. The van der Waals surface area contributed by atoms with Crippen LogP contribution in [0.3, 0.4) is 0 Å². The number of hydrogen-bond acceptors (Lipinski definition) is 1. The third-order valence-electron chi connectivity index (χ3n) is 3.43.